The molecule has 0 aliphatic heterocycles. The van der Waals surface area contributed by atoms with Crippen molar-refractivity contribution in [3.63, 3.8) is 0 Å². The quantitative estimate of drug-likeness (QED) is 0.149. The zero-order chi connectivity index (χ0) is 64.1. The Balaban J connectivity index is 0.000000486. The smallest absolute Gasteiger partial charge is 0.282 e. The summed E-state index contributed by atoms with van der Waals surface area (Å²) >= 11 is 1.72. The standard InChI is InChI=1S/C12H23N3.C11H21N3.2C11H19NO.C10H19N3.C10H18N2S/c1-8-15-10(12(5,6)7)13-9(14-15)11(2,3)4;1-10(2,3)8-12-13-9(14(8)7)11(4,5)6;2*1-10(2,3)8-7-9(13-12-8)11(4,5)6;1-9(2,3)7-11-8(13-12-7)10(4,5)6;1-9(2,3)7-11-12-8(13-7)10(4,5)6/h8H2,1-7H3;1-7H3;2*7H,1-6H3;1-6H3,(H,11,12,13);1-6H3/p+1. The van der Waals surface area contributed by atoms with E-state index < -0.39 is 0 Å². The molecule has 81 heavy (non-hydrogen) atoms. The predicted octanol–water partition coefficient (Wildman–Crippen LogP) is 16.8. The van der Waals surface area contributed by atoms with Crippen molar-refractivity contribution in [2.45, 2.75) is 328 Å². The molecular weight excluding hydrogens is 1030 g/mol. The van der Waals surface area contributed by atoms with E-state index in [-0.39, 0.29) is 65.0 Å². The lowest BCUT2D eigenvalue weighted by Gasteiger charge is -2.17. The molecule has 0 saturated heterocycles. The summed E-state index contributed by atoms with van der Waals surface area (Å²) in [6, 6.07) is 4.11. The van der Waals surface area contributed by atoms with E-state index in [2.05, 4.69) is 336 Å². The monoisotopic (exact) mass is 1150 g/mol. The molecule has 6 rings (SSSR count). The van der Waals surface area contributed by atoms with Crippen molar-refractivity contribution < 1.29 is 13.6 Å². The van der Waals surface area contributed by atoms with Crippen molar-refractivity contribution in [3.05, 3.63) is 80.0 Å². The molecule has 0 saturated carbocycles. The molecule has 0 aliphatic rings. The summed E-state index contributed by atoms with van der Waals surface area (Å²) in [7, 11) is 2.07. The minimum Gasteiger partial charge on any atom is -0.361 e. The number of hydrogen-bond acceptors (Lipinski definition) is 12. The minimum absolute atomic E-state index is 0.0278. The van der Waals surface area contributed by atoms with Gasteiger partial charge in [0.25, 0.3) is 5.82 Å². The number of aromatic amines is 2. The van der Waals surface area contributed by atoms with E-state index in [0.29, 0.717) is 0 Å². The largest absolute Gasteiger partial charge is 0.361 e. The third kappa shape index (κ3) is 23.9. The van der Waals surface area contributed by atoms with Gasteiger partial charge in [0.05, 0.1) is 29.3 Å². The fourth-order valence-electron chi connectivity index (χ4n) is 6.86. The number of nitrogens with zero attached hydrogens (tertiary/aromatic N) is 11. The maximum atomic E-state index is 5.31. The lowest BCUT2D eigenvalue weighted by atomic mass is 9.88. The molecule has 16 heteroatoms. The van der Waals surface area contributed by atoms with Crippen LogP contribution in [0.4, 0.5) is 0 Å². The van der Waals surface area contributed by atoms with Gasteiger partial charge in [-0.3, -0.25) is 5.10 Å². The van der Waals surface area contributed by atoms with Gasteiger partial charge < -0.3 is 9.05 Å². The molecule has 462 valence electrons. The van der Waals surface area contributed by atoms with E-state index >= 15 is 0 Å². The Labute approximate surface area is 498 Å². The van der Waals surface area contributed by atoms with Crippen LogP contribution in [0, 0.1) is 0 Å². The van der Waals surface area contributed by atoms with Crippen LogP contribution in [0.3, 0.4) is 0 Å². The first kappa shape index (κ1) is 74.4. The summed E-state index contributed by atoms with van der Waals surface area (Å²) < 4.78 is 14.8. The maximum absolute atomic E-state index is 5.31. The first-order valence-electron chi connectivity index (χ1n) is 29.3. The van der Waals surface area contributed by atoms with Crippen molar-refractivity contribution >= 4 is 11.3 Å². The van der Waals surface area contributed by atoms with E-state index in [0.717, 1.165) is 68.6 Å². The molecule has 0 atom stereocenters. The summed E-state index contributed by atoms with van der Waals surface area (Å²) in [4.78, 5) is 9.16. The molecule has 6 aromatic rings. The van der Waals surface area contributed by atoms with Gasteiger partial charge in [-0.15, -0.1) is 26.6 Å². The van der Waals surface area contributed by atoms with Crippen molar-refractivity contribution in [1.29, 1.82) is 0 Å². The summed E-state index contributed by atoms with van der Waals surface area (Å²) in [6.07, 6.45) is 0. The lowest BCUT2D eigenvalue weighted by Crippen LogP contribution is -2.44. The number of hydrogen-bond donors (Lipinski definition) is 2. The molecular formula is C65H120N13O2S+. The van der Waals surface area contributed by atoms with Crippen LogP contribution in [0.2, 0.25) is 0 Å². The summed E-state index contributed by atoms with van der Waals surface area (Å²) in [5, 5.41) is 38.2. The number of nitrogens with one attached hydrogen (secondary N) is 2. The van der Waals surface area contributed by atoms with Crippen LogP contribution < -0.4 is 4.57 Å². The van der Waals surface area contributed by atoms with Crippen LogP contribution >= 0.6 is 11.3 Å². The van der Waals surface area contributed by atoms with Crippen molar-refractivity contribution in [3.8, 4) is 0 Å². The van der Waals surface area contributed by atoms with Crippen LogP contribution in [0.1, 0.15) is 324 Å². The van der Waals surface area contributed by atoms with Gasteiger partial charge in [0.1, 0.15) is 33.2 Å². The SMILES string of the molecule is CC(C)(C)c1cc(C(C)(C)C)on1.CC(C)(C)c1cc(C(C)(C)C)on1.CC(C)(C)c1n[nH]c(C(C)(C)C)n1.CC(C)(C)c1nnc(C(C)(C)C)s1.CCn1nc(C(C)(C)C)nc1C(C)(C)C.C[n+]1c(C(C)(C)C)n[nH]c1C(C)(C)C. The predicted molar refractivity (Wildman–Crippen MR) is 339 cm³/mol. The average Bonchev–Trinajstić information content (AvgIpc) is 4.09. The fraction of sp³-hybridized carbons (Fsp3) is 0.785. The second-order valence-corrected chi connectivity index (χ2v) is 35.1. The highest BCUT2D eigenvalue weighted by Crippen LogP contribution is 2.33. The Hall–Kier alpha value is -4.60. The molecule has 15 nitrogen and oxygen atoms in total. The van der Waals surface area contributed by atoms with E-state index in [4.69, 9.17) is 9.05 Å². The van der Waals surface area contributed by atoms with Crippen LogP contribution in [-0.2, 0) is 78.6 Å². The summed E-state index contributed by atoms with van der Waals surface area (Å²) in [6.45, 7) is 80.3. The molecule has 2 N–H and O–H groups in total. The minimum atomic E-state index is 0.0278. The first-order valence-corrected chi connectivity index (χ1v) is 30.1. The van der Waals surface area contributed by atoms with E-state index in [1.165, 1.54) is 5.82 Å². The molecule has 0 amide bonds. The Bertz CT molecular complexity index is 2420. The maximum Gasteiger partial charge on any atom is 0.282 e. The second-order valence-electron chi connectivity index (χ2n) is 34.1. The molecule has 0 aliphatic carbocycles. The van der Waals surface area contributed by atoms with Gasteiger partial charge in [-0.25, -0.2) is 19.2 Å². The van der Waals surface area contributed by atoms with E-state index in [9.17, 15) is 0 Å². The highest BCUT2D eigenvalue weighted by Gasteiger charge is 2.34. The van der Waals surface area contributed by atoms with Crippen molar-refractivity contribution in [1.82, 2.24) is 60.7 Å². The Morgan fingerprint density at radius 3 is 1.01 bits per heavy atom. The van der Waals surface area contributed by atoms with Gasteiger partial charge in [-0.1, -0.05) is 239 Å². The molecule has 0 aromatic carbocycles. The van der Waals surface area contributed by atoms with Crippen LogP contribution in [-0.4, -0.2) is 60.7 Å². The number of aromatic nitrogens is 13. The molecule has 0 radical (unpaired) electrons. The number of aryl methyl sites for hydroxylation is 1. The normalized spacial score (nSPS) is 13.4. The van der Waals surface area contributed by atoms with Gasteiger partial charge in [0.15, 0.2) is 11.6 Å². The fourth-order valence-corrected chi connectivity index (χ4v) is 7.82. The van der Waals surface area contributed by atoms with Gasteiger partial charge in [-0.05, 0) is 27.7 Å². The second kappa shape index (κ2) is 26.1. The molecule has 6 aromatic heterocycles. The van der Waals surface area contributed by atoms with Gasteiger partial charge in [-0.2, -0.15) is 10.2 Å². The first-order chi connectivity index (χ1) is 35.6. The van der Waals surface area contributed by atoms with Crippen LogP contribution in [0.5, 0.6) is 0 Å². The van der Waals surface area contributed by atoms with Gasteiger partial charge in [0.2, 0.25) is 5.82 Å². The van der Waals surface area contributed by atoms with Gasteiger partial charge >= 0.3 is 0 Å². The molecule has 6 heterocycles. The Morgan fingerprint density at radius 1 is 0.432 bits per heavy atom. The van der Waals surface area contributed by atoms with Crippen molar-refractivity contribution in [2.75, 3.05) is 0 Å². The van der Waals surface area contributed by atoms with E-state index in [1.54, 1.807) is 11.3 Å². The summed E-state index contributed by atoms with van der Waals surface area (Å²) in [5.41, 5.74) is 2.94. The van der Waals surface area contributed by atoms with Crippen molar-refractivity contribution in [2.24, 2.45) is 7.05 Å². The third-order valence-electron chi connectivity index (χ3n) is 12.2. The Morgan fingerprint density at radius 2 is 0.827 bits per heavy atom. The zero-order valence-corrected chi connectivity index (χ0v) is 59.8. The zero-order valence-electron chi connectivity index (χ0n) is 59.0. The van der Waals surface area contributed by atoms with Crippen LogP contribution in [0.25, 0.3) is 0 Å². The third-order valence-corrected chi connectivity index (χ3v) is 14.0. The topological polar surface area (TPSA) is 183 Å². The van der Waals surface area contributed by atoms with E-state index in [1.807, 2.05) is 4.68 Å². The Kier molecular flexibility index (Phi) is 24.0. The number of rotatable bonds is 1. The average molecular weight is 1150 g/mol. The molecule has 0 unspecified atom stereocenters. The highest BCUT2D eigenvalue weighted by molar-refractivity contribution is 7.11. The van der Waals surface area contributed by atoms with Gasteiger partial charge in [0, 0.05) is 77.9 Å². The molecule has 0 fully saturated rings. The molecule has 0 spiro atoms. The summed E-state index contributed by atoms with van der Waals surface area (Å²) in [5.74, 6) is 8.04. The lowest BCUT2D eigenvalue weighted by molar-refractivity contribution is -0.693. The molecule has 0 bridgehead atoms. The number of H-pyrrole nitrogens is 2. The highest BCUT2D eigenvalue weighted by atomic mass is 32.1. The van der Waals surface area contributed by atoms with Crippen LogP contribution in [0.15, 0.2) is 21.2 Å².